The number of guanidine groups is 1. The molecule has 1 aromatic carbocycles. The first-order valence-electron chi connectivity index (χ1n) is 9.77. The van der Waals surface area contributed by atoms with E-state index >= 15 is 0 Å². The Morgan fingerprint density at radius 1 is 1.33 bits per heavy atom. The first-order valence-corrected chi connectivity index (χ1v) is 9.77. The van der Waals surface area contributed by atoms with Gasteiger partial charge in [-0.05, 0) is 39.3 Å². The number of hydrogen-bond donors (Lipinski definition) is 1. The Kier molecular flexibility index (Phi) is 6.50. The van der Waals surface area contributed by atoms with Crippen molar-refractivity contribution in [2.24, 2.45) is 10.9 Å². The van der Waals surface area contributed by atoms with E-state index in [1.807, 2.05) is 22.9 Å². The lowest BCUT2D eigenvalue weighted by Crippen LogP contribution is -2.41. The van der Waals surface area contributed by atoms with Gasteiger partial charge >= 0.3 is 0 Å². The average Bonchev–Trinajstić information content (AvgIpc) is 3.28. The smallest absolute Gasteiger partial charge is 0.193 e. The molecule has 0 bridgehead atoms. The molecular formula is C21H31N5O. The minimum atomic E-state index is 0.586. The fourth-order valence-electron chi connectivity index (χ4n) is 3.55. The molecule has 6 heteroatoms. The maximum atomic E-state index is 5.51. The van der Waals surface area contributed by atoms with Crippen LogP contribution in [-0.4, -0.2) is 54.0 Å². The summed E-state index contributed by atoms with van der Waals surface area (Å²) in [6.45, 7) is 10.5. The molecule has 0 spiro atoms. The van der Waals surface area contributed by atoms with Gasteiger partial charge in [0.15, 0.2) is 5.96 Å². The maximum Gasteiger partial charge on any atom is 0.193 e. The Labute approximate surface area is 162 Å². The Bertz CT molecular complexity index is 762. The van der Waals surface area contributed by atoms with Gasteiger partial charge < -0.3 is 15.0 Å². The number of nitrogens with zero attached hydrogens (tertiary/aromatic N) is 4. The van der Waals surface area contributed by atoms with E-state index in [2.05, 4.69) is 50.2 Å². The summed E-state index contributed by atoms with van der Waals surface area (Å²) in [7, 11) is 2.10. The van der Waals surface area contributed by atoms with Crippen molar-refractivity contribution in [3.63, 3.8) is 0 Å². The molecule has 0 saturated carbocycles. The molecule has 146 valence electrons. The third-order valence-corrected chi connectivity index (χ3v) is 5.08. The van der Waals surface area contributed by atoms with Crippen LogP contribution in [0.3, 0.4) is 0 Å². The summed E-state index contributed by atoms with van der Waals surface area (Å²) in [6.07, 6.45) is 1.13. The minimum Gasteiger partial charge on any atom is -0.381 e. The largest absolute Gasteiger partial charge is 0.381 e. The molecule has 1 unspecified atom stereocenters. The Balaban J connectivity index is 1.76. The van der Waals surface area contributed by atoms with Gasteiger partial charge in [-0.15, -0.1) is 0 Å². The third kappa shape index (κ3) is 4.69. The molecule has 1 aromatic heterocycles. The van der Waals surface area contributed by atoms with Gasteiger partial charge in [0.25, 0.3) is 0 Å². The lowest BCUT2D eigenvalue weighted by Gasteiger charge is -2.24. The molecule has 1 N–H and O–H groups in total. The highest BCUT2D eigenvalue weighted by Crippen LogP contribution is 2.19. The van der Waals surface area contributed by atoms with Crippen LogP contribution in [0.4, 0.5) is 0 Å². The summed E-state index contributed by atoms with van der Waals surface area (Å²) in [6, 6.07) is 10.2. The first-order chi connectivity index (χ1) is 13.1. The van der Waals surface area contributed by atoms with Gasteiger partial charge in [0.05, 0.1) is 24.5 Å². The molecule has 2 heterocycles. The number of ether oxygens (including phenoxy) is 1. The van der Waals surface area contributed by atoms with Crippen molar-refractivity contribution in [1.82, 2.24) is 20.0 Å². The van der Waals surface area contributed by atoms with Crippen molar-refractivity contribution in [2.45, 2.75) is 33.7 Å². The monoisotopic (exact) mass is 369 g/mol. The van der Waals surface area contributed by atoms with Gasteiger partial charge in [-0.25, -0.2) is 9.67 Å². The number of nitrogens with one attached hydrogen (secondary N) is 1. The second-order valence-corrected chi connectivity index (χ2v) is 7.18. The summed E-state index contributed by atoms with van der Waals surface area (Å²) < 4.78 is 7.51. The minimum absolute atomic E-state index is 0.586. The molecular weight excluding hydrogens is 338 g/mol. The fourth-order valence-corrected chi connectivity index (χ4v) is 3.55. The summed E-state index contributed by atoms with van der Waals surface area (Å²) in [5, 5.41) is 8.14. The molecule has 1 aliphatic heterocycles. The lowest BCUT2D eigenvalue weighted by molar-refractivity contribution is 0.181. The molecule has 3 rings (SSSR count). The molecule has 27 heavy (non-hydrogen) atoms. The van der Waals surface area contributed by atoms with Crippen molar-refractivity contribution in [1.29, 1.82) is 0 Å². The van der Waals surface area contributed by atoms with Crippen LogP contribution in [0.2, 0.25) is 0 Å². The molecule has 1 atom stereocenters. The highest BCUT2D eigenvalue weighted by molar-refractivity contribution is 5.79. The normalized spacial score (nSPS) is 17.3. The number of benzene rings is 1. The van der Waals surface area contributed by atoms with Crippen LogP contribution in [0.1, 0.15) is 30.3 Å². The molecule has 0 radical (unpaired) electrons. The molecule has 1 aliphatic rings. The Morgan fingerprint density at radius 2 is 2.11 bits per heavy atom. The summed E-state index contributed by atoms with van der Waals surface area (Å²) in [5.74, 6) is 1.53. The second-order valence-electron chi connectivity index (χ2n) is 7.18. The van der Waals surface area contributed by atoms with Crippen molar-refractivity contribution in [3.8, 4) is 5.69 Å². The lowest BCUT2D eigenvalue weighted by atomic mass is 10.1. The van der Waals surface area contributed by atoms with Gasteiger partial charge in [0.1, 0.15) is 0 Å². The Morgan fingerprint density at radius 3 is 2.78 bits per heavy atom. The molecule has 2 aromatic rings. The van der Waals surface area contributed by atoms with E-state index in [1.165, 1.54) is 5.56 Å². The van der Waals surface area contributed by atoms with Crippen LogP contribution in [0, 0.1) is 19.8 Å². The van der Waals surface area contributed by atoms with Crippen LogP contribution < -0.4 is 5.32 Å². The fraction of sp³-hybridized carbons (Fsp3) is 0.524. The average molecular weight is 370 g/mol. The number of hydrogen-bond acceptors (Lipinski definition) is 3. The predicted octanol–water partition coefficient (Wildman–Crippen LogP) is 2.92. The number of aryl methyl sites for hydroxylation is 1. The van der Waals surface area contributed by atoms with Crippen LogP contribution >= 0.6 is 0 Å². The third-order valence-electron chi connectivity index (χ3n) is 5.08. The number of aliphatic imine (C=N–C) groups is 1. The SMILES string of the molecule is CCNC(=NCc1c(C)nn(-c2ccccc2)c1C)N(C)CC1CCOC1. The first kappa shape index (κ1) is 19.4. The van der Waals surface area contributed by atoms with Crippen LogP contribution in [0.5, 0.6) is 0 Å². The zero-order valence-electron chi connectivity index (χ0n) is 16.9. The Hall–Kier alpha value is -2.34. The van der Waals surface area contributed by atoms with Gasteiger partial charge in [0.2, 0.25) is 0 Å². The van der Waals surface area contributed by atoms with Crippen LogP contribution in [0.25, 0.3) is 5.69 Å². The molecule has 6 nitrogen and oxygen atoms in total. The highest BCUT2D eigenvalue weighted by Gasteiger charge is 2.19. The van der Waals surface area contributed by atoms with E-state index < -0.39 is 0 Å². The summed E-state index contributed by atoms with van der Waals surface area (Å²) >= 11 is 0. The van der Waals surface area contributed by atoms with Crippen molar-refractivity contribution in [3.05, 3.63) is 47.3 Å². The van der Waals surface area contributed by atoms with Gasteiger partial charge in [-0.1, -0.05) is 18.2 Å². The van der Waals surface area contributed by atoms with E-state index in [0.29, 0.717) is 12.5 Å². The molecule has 0 amide bonds. The van der Waals surface area contributed by atoms with Crippen molar-refractivity contribution >= 4 is 5.96 Å². The summed E-state index contributed by atoms with van der Waals surface area (Å²) in [5.41, 5.74) is 4.44. The van der Waals surface area contributed by atoms with E-state index in [1.54, 1.807) is 0 Å². The van der Waals surface area contributed by atoms with Gasteiger partial charge in [-0.2, -0.15) is 5.10 Å². The van der Waals surface area contributed by atoms with Crippen LogP contribution in [-0.2, 0) is 11.3 Å². The standard InChI is InChI=1S/C21H31N5O/c1-5-22-21(25(4)14-18-11-12-27-15-18)23-13-20-16(2)24-26(17(20)3)19-9-7-6-8-10-19/h6-10,18H,5,11-15H2,1-4H3,(H,22,23). The number of aromatic nitrogens is 2. The molecule has 1 saturated heterocycles. The van der Waals surface area contributed by atoms with Crippen LogP contribution in [0.15, 0.2) is 35.3 Å². The zero-order valence-corrected chi connectivity index (χ0v) is 16.9. The zero-order chi connectivity index (χ0) is 19.2. The topological polar surface area (TPSA) is 54.7 Å². The quantitative estimate of drug-likeness (QED) is 0.628. The number of rotatable bonds is 6. The molecule has 0 aliphatic carbocycles. The van der Waals surface area contributed by atoms with Gasteiger partial charge in [0, 0.05) is 43.9 Å². The van der Waals surface area contributed by atoms with E-state index in [-0.39, 0.29) is 0 Å². The van der Waals surface area contributed by atoms with E-state index in [0.717, 1.165) is 55.8 Å². The number of para-hydroxylation sites is 1. The second kappa shape index (κ2) is 9.04. The predicted molar refractivity (Wildman–Crippen MR) is 109 cm³/mol. The van der Waals surface area contributed by atoms with Gasteiger partial charge in [-0.3, -0.25) is 0 Å². The maximum absolute atomic E-state index is 5.51. The molecule has 1 fully saturated rings. The van der Waals surface area contributed by atoms with E-state index in [9.17, 15) is 0 Å². The summed E-state index contributed by atoms with van der Waals surface area (Å²) in [4.78, 5) is 7.11. The van der Waals surface area contributed by atoms with E-state index in [4.69, 9.17) is 14.8 Å². The van der Waals surface area contributed by atoms with Crippen molar-refractivity contribution in [2.75, 3.05) is 33.4 Å². The highest BCUT2D eigenvalue weighted by atomic mass is 16.5. The van der Waals surface area contributed by atoms with Crippen molar-refractivity contribution < 1.29 is 4.74 Å².